The van der Waals surface area contributed by atoms with Crippen molar-refractivity contribution < 1.29 is 8.73 Å². The fraction of sp³-hybridized carbons (Fsp3) is 0.250. The van der Waals surface area contributed by atoms with Crippen LogP contribution in [0.25, 0.3) is 22.2 Å². The summed E-state index contributed by atoms with van der Waals surface area (Å²) in [5, 5.41) is 11.2. The third-order valence-electron chi connectivity index (χ3n) is 5.59. The summed E-state index contributed by atoms with van der Waals surface area (Å²) in [5.41, 5.74) is 4.62. The Balaban J connectivity index is 1.84. The van der Waals surface area contributed by atoms with Gasteiger partial charge in [-0.15, -0.1) is 0 Å². The van der Waals surface area contributed by atoms with Gasteiger partial charge in [0.2, 0.25) is 0 Å². The van der Waals surface area contributed by atoms with Gasteiger partial charge in [0.15, 0.2) is 5.58 Å². The SMILES string of the molecule is CC(C)(C[C@H](Cc1ncccc1Br)c1ccccc1-c1noc2ccccc12)S(N)=O. The second-order valence-corrected chi connectivity index (χ2v) is 10.8. The smallest absolute Gasteiger partial charge is 0.167 e. The zero-order chi connectivity index (χ0) is 22.0. The lowest BCUT2D eigenvalue weighted by molar-refractivity contribution is 0.459. The van der Waals surface area contributed by atoms with Crippen molar-refractivity contribution in [3.8, 4) is 11.3 Å². The molecule has 0 aliphatic carbocycles. The number of nitrogens with zero attached hydrogens (tertiary/aromatic N) is 2. The minimum absolute atomic E-state index is 0.0281. The molecule has 4 aromatic rings. The predicted octanol–water partition coefficient (Wildman–Crippen LogP) is 5.77. The molecule has 0 bridgehead atoms. The molecule has 2 atom stereocenters. The van der Waals surface area contributed by atoms with Gasteiger partial charge in [0.1, 0.15) is 5.69 Å². The number of aromatic nitrogens is 2. The molecule has 4 rings (SSSR count). The molecule has 0 fully saturated rings. The standard InChI is InChI=1S/C24H24BrN3O2S/c1-24(2,31(26)29)15-16(14-21-20(25)11-7-13-27-21)17-8-3-4-9-18(17)23-19-10-5-6-12-22(19)30-28-23/h3-13,16H,14-15,26H2,1-2H3/t16-,31?/m0/s1. The zero-order valence-electron chi connectivity index (χ0n) is 17.4. The van der Waals surface area contributed by atoms with E-state index in [0.717, 1.165) is 38.0 Å². The lowest BCUT2D eigenvalue weighted by atomic mass is 9.83. The van der Waals surface area contributed by atoms with Crippen LogP contribution in [0.3, 0.4) is 0 Å². The predicted molar refractivity (Wildman–Crippen MR) is 129 cm³/mol. The molecule has 0 radical (unpaired) electrons. The number of rotatable bonds is 7. The molecule has 2 aromatic heterocycles. The van der Waals surface area contributed by atoms with E-state index in [1.165, 1.54) is 0 Å². The Kier molecular flexibility index (Phi) is 6.36. The summed E-state index contributed by atoms with van der Waals surface area (Å²) < 4.78 is 18.2. The van der Waals surface area contributed by atoms with Crippen molar-refractivity contribution in [2.75, 3.05) is 0 Å². The number of para-hydroxylation sites is 1. The van der Waals surface area contributed by atoms with Crippen LogP contribution in [0.15, 0.2) is 75.9 Å². The van der Waals surface area contributed by atoms with E-state index in [4.69, 9.17) is 9.66 Å². The molecule has 2 heterocycles. The summed E-state index contributed by atoms with van der Waals surface area (Å²) in [6.45, 7) is 3.88. The van der Waals surface area contributed by atoms with Gasteiger partial charge in [-0.25, -0.2) is 4.21 Å². The first-order chi connectivity index (χ1) is 14.9. The average molecular weight is 498 g/mol. The van der Waals surface area contributed by atoms with Gasteiger partial charge in [0.25, 0.3) is 0 Å². The number of pyridine rings is 1. The van der Waals surface area contributed by atoms with Gasteiger partial charge < -0.3 is 4.52 Å². The molecule has 0 aliphatic heterocycles. The second kappa shape index (κ2) is 9.02. The molecule has 7 heteroatoms. The monoisotopic (exact) mass is 497 g/mol. The van der Waals surface area contributed by atoms with Crippen LogP contribution in [-0.4, -0.2) is 19.1 Å². The third-order valence-corrected chi connectivity index (χ3v) is 7.57. The molecular formula is C24H24BrN3O2S. The molecule has 160 valence electrons. The average Bonchev–Trinajstić information content (AvgIpc) is 3.18. The first kappa shape index (κ1) is 21.9. The van der Waals surface area contributed by atoms with Crippen molar-refractivity contribution in [3.63, 3.8) is 0 Å². The minimum Gasteiger partial charge on any atom is -0.356 e. The van der Waals surface area contributed by atoms with Crippen LogP contribution in [-0.2, 0) is 17.4 Å². The fourth-order valence-electron chi connectivity index (χ4n) is 3.92. The number of hydrogen-bond donors (Lipinski definition) is 1. The van der Waals surface area contributed by atoms with E-state index in [2.05, 4.69) is 38.2 Å². The van der Waals surface area contributed by atoms with Crippen molar-refractivity contribution in [2.24, 2.45) is 5.14 Å². The molecule has 1 unspecified atom stereocenters. The van der Waals surface area contributed by atoms with Crippen molar-refractivity contribution in [2.45, 2.75) is 37.4 Å². The molecule has 2 aromatic carbocycles. The van der Waals surface area contributed by atoms with Crippen molar-refractivity contribution >= 4 is 37.9 Å². The molecule has 0 amide bonds. The first-order valence-electron chi connectivity index (χ1n) is 10.1. The lowest BCUT2D eigenvalue weighted by Gasteiger charge is -2.29. The Morgan fingerprint density at radius 2 is 1.84 bits per heavy atom. The highest BCUT2D eigenvalue weighted by Gasteiger charge is 2.31. The van der Waals surface area contributed by atoms with E-state index in [1.807, 2.05) is 62.4 Å². The van der Waals surface area contributed by atoms with E-state index in [0.29, 0.717) is 12.8 Å². The molecule has 31 heavy (non-hydrogen) atoms. The lowest BCUT2D eigenvalue weighted by Crippen LogP contribution is -2.34. The quantitative estimate of drug-likeness (QED) is 0.351. The number of hydrogen-bond acceptors (Lipinski definition) is 4. The number of nitrogens with two attached hydrogens (primary N) is 1. The van der Waals surface area contributed by atoms with Crippen molar-refractivity contribution in [3.05, 3.63) is 82.6 Å². The third kappa shape index (κ3) is 4.63. The normalized spacial score (nSPS) is 13.9. The molecule has 5 nitrogen and oxygen atoms in total. The fourth-order valence-corrected chi connectivity index (χ4v) is 4.70. The van der Waals surface area contributed by atoms with Crippen LogP contribution in [0.2, 0.25) is 0 Å². The van der Waals surface area contributed by atoms with Crippen molar-refractivity contribution in [1.82, 2.24) is 10.1 Å². The summed E-state index contributed by atoms with van der Waals surface area (Å²) in [7, 11) is -1.47. The Morgan fingerprint density at radius 3 is 2.61 bits per heavy atom. The maximum Gasteiger partial charge on any atom is 0.167 e. The summed E-state index contributed by atoms with van der Waals surface area (Å²) in [5.74, 6) is 0.0281. The van der Waals surface area contributed by atoms with Gasteiger partial charge in [-0.05, 0) is 78.4 Å². The largest absolute Gasteiger partial charge is 0.356 e. The van der Waals surface area contributed by atoms with Gasteiger partial charge >= 0.3 is 0 Å². The second-order valence-electron chi connectivity index (χ2n) is 8.21. The van der Waals surface area contributed by atoms with Crippen LogP contribution in [0.5, 0.6) is 0 Å². The van der Waals surface area contributed by atoms with Crippen LogP contribution >= 0.6 is 15.9 Å². The summed E-state index contributed by atoms with van der Waals surface area (Å²) in [6, 6.07) is 19.9. The first-order valence-corrected chi connectivity index (χ1v) is 12.1. The maximum atomic E-state index is 12.3. The van der Waals surface area contributed by atoms with Gasteiger partial charge in [-0.2, -0.15) is 0 Å². The summed E-state index contributed by atoms with van der Waals surface area (Å²) in [6.07, 6.45) is 3.10. The van der Waals surface area contributed by atoms with E-state index in [-0.39, 0.29) is 5.92 Å². The zero-order valence-corrected chi connectivity index (χ0v) is 19.8. The van der Waals surface area contributed by atoms with Crippen LogP contribution in [0, 0.1) is 0 Å². The number of halogens is 1. The Bertz CT molecular complexity index is 1240. The van der Waals surface area contributed by atoms with E-state index < -0.39 is 15.7 Å². The van der Waals surface area contributed by atoms with Gasteiger partial charge in [0.05, 0.1) is 21.4 Å². The topological polar surface area (TPSA) is 82.0 Å². The van der Waals surface area contributed by atoms with E-state index in [1.54, 1.807) is 6.20 Å². The molecule has 2 N–H and O–H groups in total. The highest BCUT2D eigenvalue weighted by molar-refractivity contribution is 9.10. The van der Waals surface area contributed by atoms with Crippen molar-refractivity contribution in [1.29, 1.82) is 0 Å². The Labute approximate surface area is 192 Å². The number of fused-ring (bicyclic) bond motifs is 1. The Hall–Kier alpha value is -2.35. The van der Waals surface area contributed by atoms with Crippen LogP contribution in [0.1, 0.15) is 37.4 Å². The summed E-state index contributed by atoms with van der Waals surface area (Å²) >= 11 is 3.62. The van der Waals surface area contributed by atoms with Gasteiger partial charge in [0, 0.05) is 21.6 Å². The molecule has 0 aliphatic rings. The molecule has 0 saturated heterocycles. The maximum absolute atomic E-state index is 12.3. The highest BCUT2D eigenvalue weighted by Crippen LogP contribution is 2.39. The Morgan fingerprint density at radius 1 is 1.10 bits per heavy atom. The molecule has 0 spiro atoms. The molecule has 0 saturated carbocycles. The van der Waals surface area contributed by atoms with Crippen LogP contribution < -0.4 is 5.14 Å². The van der Waals surface area contributed by atoms with Crippen LogP contribution in [0.4, 0.5) is 0 Å². The van der Waals surface area contributed by atoms with E-state index in [9.17, 15) is 4.21 Å². The highest BCUT2D eigenvalue weighted by atomic mass is 79.9. The number of benzene rings is 2. The summed E-state index contributed by atoms with van der Waals surface area (Å²) in [4.78, 5) is 4.57. The van der Waals surface area contributed by atoms with Gasteiger partial charge in [-0.1, -0.05) is 41.6 Å². The minimum atomic E-state index is -1.47. The van der Waals surface area contributed by atoms with E-state index >= 15 is 0 Å². The van der Waals surface area contributed by atoms with Gasteiger partial charge in [-0.3, -0.25) is 10.1 Å². The molecular weight excluding hydrogens is 474 g/mol.